The number of carbonyl (C=O) groups excluding carboxylic acids is 1. The molecule has 0 saturated carbocycles. The van der Waals surface area contributed by atoms with Gasteiger partial charge in [0.15, 0.2) is 0 Å². The van der Waals surface area contributed by atoms with Gasteiger partial charge in [0, 0.05) is 12.1 Å². The molecule has 2 aromatic carbocycles. The second-order valence-corrected chi connectivity index (χ2v) is 4.98. The number of H-pyrrole nitrogens is 1. The Morgan fingerprint density at radius 1 is 1.30 bits per heavy atom. The molecule has 0 aliphatic rings. The van der Waals surface area contributed by atoms with Crippen LogP contribution in [0.2, 0.25) is 0 Å². The first-order valence-corrected chi connectivity index (χ1v) is 7.31. The third kappa shape index (κ3) is 3.31. The second kappa shape index (κ2) is 6.48. The molecule has 3 aromatic rings. The Balaban J connectivity index is 1.77. The molecule has 0 bridgehead atoms. The zero-order valence-electron chi connectivity index (χ0n) is 12.6. The number of hydrogen-bond donors (Lipinski definition) is 2. The van der Waals surface area contributed by atoms with Crippen LogP contribution in [0, 0.1) is 5.82 Å². The first-order valence-electron chi connectivity index (χ1n) is 7.31. The third-order valence-corrected chi connectivity index (χ3v) is 3.40. The molecule has 0 aliphatic heterocycles. The number of imidazole rings is 1. The number of halogens is 1. The van der Waals surface area contributed by atoms with Crippen LogP contribution in [0.1, 0.15) is 22.8 Å². The number of fused-ring (bicyclic) bond motifs is 1. The predicted octanol–water partition coefficient (Wildman–Crippen LogP) is 3.49. The molecular weight excluding hydrogens is 297 g/mol. The number of aromatic nitrogens is 2. The number of hydrogen-bond acceptors (Lipinski definition) is 4. The van der Waals surface area contributed by atoms with Gasteiger partial charge in [-0.25, -0.2) is 14.2 Å². The van der Waals surface area contributed by atoms with Crippen LogP contribution >= 0.6 is 0 Å². The Morgan fingerprint density at radius 3 is 2.91 bits per heavy atom. The number of nitrogens with zero attached hydrogens (tertiary/aromatic N) is 1. The molecule has 0 fully saturated rings. The number of nitrogens with one attached hydrogen (secondary N) is 2. The average Bonchev–Trinajstić information content (AvgIpc) is 2.96. The number of benzene rings is 2. The van der Waals surface area contributed by atoms with Crippen LogP contribution in [-0.2, 0) is 11.3 Å². The van der Waals surface area contributed by atoms with E-state index in [4.69, 9.17) is 4.74 Å². The Hall–Kier alpha value is -2.89. The molecule has 118 valence electrons. The van der Waals surface area contributed by atoms with Gasteiger partial charge in [-0.1, -0.05) is 18.2 Å². The quantitative estimate of drug-likeness (QED) is 0.708. The first kappa shape index (κ1) is 15.0. The standard InChI is InChI=1S/C17H16FN3O2/c1-2-23-16(22)11-7-8-14-15(9-11)21-17(20-14)19-10-12-5-3-4-6-13(12)18/h3-9H,2,10H2,1H3,(H2,19,20,21). The van der Waals surface area contributed by atoms with Crippen LogP contribution < -0.4 is 5.32 Å². The fourth-order valence-corrected chi connectivity index (χ4v) is 2.26. The minimum Gasteiger partial charge on any atom is -0.462 e. The number of aromatic amines is 1. The lowest BCUT2D eigenvalue weighted by molar-refractivity contribution is 0.0526. The van der Waals surface area contributed by atoms with Gasteiger partial charge in [0.05, 0.1) is 23.2 Å². The molecule has 1 heterocycles. The summed E-state index contributed by atoms with van der Waals surface area (Å²) in [5, 5.41) is 3.04. The molecule has 0 saturated heterocycles. The Labute approximate surface area is 132 Å². The normalized spacial score (nSPS) is 10.7. The summed E-state index contributed by atoms with van der Waals surface area (Å²) in [6.45, 7) is 2.41. The van der Waals surface area contributed by atoms with Crippen molar-refractivity contribution in [2.24, 2.45) is 0 Å². The van der Waals surface area contributed by atoms with Crippen molar-refractivity contribution in [3.8, 4) is 0 Å². The van der Waals surface area contributed by atoms with Gasteiger partial charge in [0.1, 0.15) is 5.82 Å². The summed E-state index contributed by atoms with van der Waals surface area (Å²) in [4.78, 5) is 19.2. The van der Waals surface area contributed by atoms with Crippen LogP contribution in [0.4, 0.5) is 10.3 Å². The second-order valence-electron chi connectivity index (χ2n) is 4.98. The molecule has 0 aliphatic carbocycles. The van der Waals surface area contributed by atoms with Gasteiger partial charge < -0.3 is 15.0 Å². The van der Waals surface area contributed by atoms with Gasteiger partial charge >= 0.3 is 5.97 Å². The zero-order valence-corrected chi connectivity index (χ0v) is 12.6. The van der Waals surface area contributed by atoms with Gasteiger partial charge in [-0.15, -0.1) is 0 Å². The minimum absolute atomic E-state index is 0.263. The van der Waals surface area contributed by atoms with Crippen molar-refractivity contribution < 1.29 is 13.9 Å². The first-order chi connectivity index (χ1) is 11.2. The highest BCUT2D eigenvalue weighted by Gasteiger charge is 2.10. The number of anilines is 1. The van der Waals surface area contributed by atoms with Crippen molar-refractivity contribution in [1.82, 2.24) is 9.97 Å². The van der Waals surface area contributed by atoms with E-state index in [0.29, 0.717) is 41.3 Å². The molecule has 1 aromatic heterocycles. The van der Waals surface area contributed by atoms with Crippen LogP contribution in [0.15, 0.2) is 42.5 Å². The Kier molecular flexibility index (Phi) is 4.23. The summed E-state index contributed by atoms with van der Waals surface area (Å²) in [6.07, 6.45) is 0. The van der Waals surface area contributed by atoms with E-state index in [2.05, 4.69) is 15.3 Å². The summed E-state index contributed by atoms with van der Waals surface area (Å²) in [7, 11) is 0. The van der Waals surface area contributed by atoms with Gasteiger partial charge in [-0.05, 0) is 31.2 Å². The number of rotatable bonds is 5. The highest BCUT2D eigenvalue weighted by molar-refractivity contribution is 5.94. The fourth-order valence-electron chi connectivity index (χ4n) is 2.26. The monoisotopic (exact) mass is 313 g/mol. The summed E-state index contributed by atoms with van der Waals surface area (Å²) < 4.78 is 18.6. The van der Waals surface area contributed by atoms with E-state index in [0.717, 1.165) is 0 Å². The van der Waals surface area contributed by atoms with Gasteiger partial charge in [-0.3, -0.25) is 0 Å². The molecule has 0 atom stereocenters. The third-order valence-electron chi connectivity index (χ3n) is 3.40. The fraction of sp³-hybridized carbons (Fsp3) is 0.176. The van der Waals surface area contributed by atoms with E-state index in [1.807, 2.05) is 0 Å². The van der Waals surface area contributed by atoms with E-state index in [1.165, 1.54) is 6.07 Å². The van der Waals surface area contributed by atoms with Crippen molar-refractivity contribution in [3.05, 3.63) is 59.4 Å². The molecular formula is C17H16FN3O2. The lowest BCUT2D eigenvalue weighted by Crippen LogP contribution is -2.04. The minimum atomic E-state index is -0.370. The molecule has 3 rings (SSSR count). The number of ether oxygens (including phenoxy) is 1. The SMILES string of the molecule is CCOC(=O)c1ccc2nc(NCc3ccccc3F)[nH]c2c1. The topological polar surface area (TPSA) is 67.0 Å². The summed E-state index contributed by atoms with van der Waals surface area (Å²) in [5.41, 5.74) is 2.45. The molecule has 0 amide bonds. The Morgan fingerprint density at radius 2 is 2.13 bits per heavy atom. The lowest BCUT2D eigenvalue weighted by Gasteiger charge is -2.03. The smallest absolute Gasteiger partial charge is 0.338 e. The molecule has 2 N–H and O–H groups in total. The van der Waals surface area contributed by atoms with Gasteiger partial charge in [0.25, 0.3) is 0 Å². The largest absolute Gasteiger partial charge is 0.462 e. The molecule has 23 heavy (non-hydrogen) atoms. The van der Waals surface area contributed by atoms with Crippen molar-refractivity contribution in [3.63, 3.8) is 0 Å². The maximum absolute atomic E-state index is 13.6. The Bertz CT molecular complexity index is 845. The summed E-state index contributed by atoms with van der Waals surface area (Å²) >= 11 is 0. The molecule has 0 radical (unpaired) electrons. The average molecular weight is 313 g/mol. The maximum Gasteiger partial charge on any atom is 0.338 e. The van der Waals surface area contributed by atoms with Crippen LogP contribution in [0.25, 0.3) is 11.0 Å². The molecule has 5 nitrogen and oxygen atoms in total. The van der Waals surface area contributed by atoms with Crippen molar-refractivity contribution in [2.75, 3.05) is 11.9 Å². The van der Waals surface area contributed by atoms with E-state index in [1.54, 1.807) is 43.3 Å². The van der Waals surface area contributed by atoms with Crippen LogP contribution in [-0.4, -0.2) is 22.5 Å². The zero-order chi connectivity index (χ0) is 16.2. The van der Waals surface area contributed by atoms with Crippen molar-refractivity contribution in [1.29, 1.82) is 0 Å². The summed E-state index contributed by atoms with van der Waals surface area (Å²) in [5.74, 6) is -0.116. The highest BCUT2D eigenvalue weighted by Crippen LogP contribution is 2.18. The van der Waals surface area contributed by atoms with Crippen LogP contribution in [0.5, 0.6) is 0 Å². The molecule has 0 spiro atoms. The van der Waals surface area contributed by atoms with Crippen molar-refractivity contribution in [2.45, 2.75) is 13.5 Å². The predicted molar refractivity (Wildman–Crippen MR) is 85.8 cm³/mol. The highest BCUT2D eigenvalue weighted by atomic mass is 19.1. The van der Waals surface area contributed by atoms with E-state index >= 15 is 0 Å². The maximum atomic E-state index is 13.6. The summed E-state index contributed by atoms with van der Waals surface area (Å²) in [6, 6.07) is 11.7. The number of esters is 1. The van der Waals surface area contributed by atoms with E-state index in [9.17, 15) is 9.18 Å². The molecule has 6 heteroatoms. The van der Waals surface area contributed by atoms with Crippen LogP contribution in [0.3, 0.4) is 0 Å². The van der Waals surface area contributed by atoms with Gasteiger partial charge in [0.2, 0.25) is 5.95 Å². The lowest BCUT2D eigenvalue weighted by atomic mass is 10.2. The van der Waals surface area contributed by atoms with E-state index in [-0.39, 0.29) is 11.8 Å². The van der Waals surface area contributed by atoms with Gasteiger partial charge in [-0.2, -0.15) is 0 Å². The molecule has 0 unspecified atom stereocenters. The van der Waals surface area contributed by atoms with Crippen molar-refractivity contribution >= 4 is 23.0 Å². The number of carbonyl (C=O) groups is 1. The van der Waals surface area contributed by atoms with E-state index < -0.39 is 0 Å².